The first-order chi connectivity index (χ1) is 7.90. The van der Waals surface area contributed by atoms with Gasteiger partial charge in [0.1, 0.15) is 0 Å². The molecule has 0 radical (unpaired) electrons. The van der Waals surface area contributed by atoms with Gasteiger partial charge in [-0.15, -0.1) is 5.10 Å². The number of nitrogens with two attached hydrogens (primary N) is 1. The summed E-state index contributed by atoms with van der Waals surface area (Å²) < 4.78 is 4.09. The van der Waals surface area contributed by atoms with E-state index < -0.39 is 0 Å². The van der Waals surface area contributed by atoms with E-state index in [1.54, 1.807) is 0 Å². The lowest BCUT2D eigenvalue weighted by molar-refractivity contribution is 0.404. The van der Waals surface area contributed by atoms with E-state index in [9.17, 15) is 0 Å². The zero-order valence-electron chi connectivity index (χ0n) is 11.4. The molecule has 2 unspecified atom stereocenters. The molecule has 17 heavy (non-hydrogen) atoms. The van der Waals surface area contributed by atoms with Crippen molar-refractivity contribution in [1.82, 2.24) is 15.0 Å². The average molecular weight is 256 g/mol. The van der Waals surface area contributed by atoms with Crippen LogP contribution in [0.3, 0.4) is 0 Å². The first-order valence-electron chi connectivity index (χ1n) is 6.19. The molecule has 1 heterocycles. The molecule has 3 N–H and O–H groups in total. The maximum absolute atomic E-state index is 5.68. The third-order valence-electron chi connectivity index (χ3n) is 3.08. The fraction of sp³-hybridized carbons (Fsp3) is 0.833. The van der Waals surface area contributed by atoms with Crippen molar-refractivity contribution >= 4 is 11.5 Å². The van der Waals surface area contributed by atoms with Crippen LogP contribution in [0.2, 0.25) is 0 Å². The van der Waals surface area contributed by atoms with Crippen LogP contribution in [0.5, 0.6) is 0 Å². The summed E-state index contributed by atoms with van der Waals surface area (Å²) in [5.74, 6) is 6.32. The van der Waals surface area contributed by atoms with E-state index in [-0.39, 0.29) is 11.5 Å². The van der Waals surface area contributed by atoms with Crippen LogP contribution in [0, 0.1) is 5.92 Å². The van der Waals surface area contributed by atoms with Crippen LogP contribution in [-0.2, 0) is 5.41 Å². The Hall–Kier alpha value is -0.520. The Balaban J connectivity index is 2.93. The molecule has 0 aliphatic carbocycles. The summed E-state index contributed by atoms with van der Waals surface area (Å²) in [4.78, 5) is 1.18. The molecule has 1 rings (SSSR count). The SMILES string of the molecule is CCC(C)CC(NN)c1snnc1C(C)(C)C. The van der Waals surface area contributed by atoms with Gasteiger partial charge >= 0.3 is 0 Å². The molecule has 0 saturated carbocycles. The minimum atomic E-state index is 0.0207. The number of hydrogen-bond donors (Lipinski definition) is 2. The summed E-state index contributed by atoms with van der Waals surface area (Å²) in [6, 6.07) is 0.166. The Bertz CT molecular complexity index is 343. The summed E-state index contributed by atoms with van der Waals surface area (Å²) in [6.45, 7) is 10.9. The van der Waals surface area contributed by atoms with Crippen LogP contribution in [0.4, 0.5) is 0 Å². The zero-order chi connectivity index (χ0) is 13.1. The largest absolute Gasteiger partial charge is 0.271 e. The lowest BCUT2D eigenvalue weighted by atomic mass is 9.88. The molecular weight excluding hydrogens is 232 g/mol. The maximum Gasteiger partial charge on any atom is 0.0857 e. The van der Waals surface area contributed by atoms with E-state index in [0.717, 1.165) is 18.5 Å². The van der Waals surface area contributed by atoms with Crippen molar-refractivity contribution < 1.29 is 0 Å². The van der Waals surface area contributed by atoms with E-state index in [4.69, 9.17) is 5.84 Å². The van der Waals surface area contributed by atoms with Crippen molar-refractivity contribution in [3.8, 4) is 0 Å². The van der Waals surface area contributed by atoms with Crippen LogP contribution in [0.15, 0.2) is 0 Å². The van der Waals surface area contributed by atoms with Crippen molar-refractivity contribution in [2.75, 3.05) is 0 Å². The van der Waals surface area contributed by atoms with Crippen molar-refractivity contribution in [3.05, 3.63) is 10.6 Å². The highest BCUT2D eigenvalue weighted by molar-refractivity contribution is 7.05. The highest BCUT2D eigenvalue weighted by Gasteiger charge is 2.27. The Morgan fingerprint density at radius 2 is 2.06 bits per heavy atom. The lowest BCUT2D eigenvalue weighted by Crippen LogP contribution is -2.30. The molecule has 0 aliphatic heterocycles. The average Bonchev–Trinajstić information content (AvgIpc) is 2.73. The second-order valence-corrected chi connectivity index (χ2v) is 6.49. The fourth-order valence-corrected chi connectivity index (χ4v) is 2.70. The number of rotatable bonds is 5. The highest BCUT2D eigenvalue weighted by Crippen LogP contribution is 2.33. The van der Waals surface area contributed by atoms with E-state index in [1.807, 2.05) is 0 Å². The molecule has 5 heteroatoms. The molecule has 0 spiro atoms. The number of hydrazine groups is 1. The smallest absolute Gasteiger partial charge is 0.0857 e. The van der Waals surface area contributed by atoms with Crippen LogP contribution in [0.1, 0.15) is 64.1 Å². The summed E-state index contributed by atoms with van der Waals surface area (Å²) in [7, 11) is 0. The predicted molar refractivity (Wildman–Crippen MR) is 72.7 cm³/mol. The number of aromatic nitrogens is 2. The van der Waals surface area contributed by atoms with Crippen molar-refractivity contribution in [2.24, 2.45) is 11.8 Å². The van der Waals surface area contributed by atoms with Gasteiger partial charge in [0.2, 0.25) is 0 Å². The molecule has 0 fully saturated rings. The van der Waals surface area contributed by atoms with Gasteiger partial charge in [0.15, 0.2) is 0 Å². The molecule has 2 atom stereocenters. The van der Waals surface area contributed by atoms with E-state index in [1.165, 1.54) is 16.4 Å². The normalized spacial score (nSPS) is 15.9. The monoisotopic (exact) mass is 256 g/mol. The van der Waals surface area contributed by atoms with Gasteiger partial charge in [-0.1, -0.05) is 45.5 Å². The summed E-state index contributed by atoms with van der Waals surface area (Å²) in [5.41, 5.74) is 4.00. The summed E-state index contributed by atoms with van der Waals surface area (Å²) in [6.07, 6.45) is 2.19. The van der Waals surface area contributed by atoms with Gasteiger partial charge in [0, 0.05) is 5.41 Å². The van der Waals surface area contributed by atoms with Gasteiger partial charge in [0.05, 0.1) is 16.6 Å². The van der Waals surface area contributed by atoms with Crippen molar-refractivity contribution in [1.29, 1.82) is 0 Å². The van der Waals surface area contributed by atoms with Crippen LogP contribution >= 0.6 is 11.5 Å². The van der Waals surface area contributed by atoms with Crippen molar-refractivity contribution in [2.45, 2.75) is 58.9 Å². The fourth-order valence-electron chi connectivity index (χ4n) is 1.77. The van der Waals surface area contributed by atoms with Gasteiger partial charge in [0.25, 0.3) is 0 Å². The van der Waals surface area contributed by atoms with Crippen LogP contribution in [0.25, 0.3) is 0 Å². The Morgan fingerprint density at radius 3 is 2.53 bits per heavy atom. The number of nitrogens with one attached hydrogen (secondary N) is 1. The number of hydrogen-bond acceptors (Lipinski definition) is 5. The first kappa shape index (κ1) is 14.5. The van der Waals surface area contributed by atoms with Gasteiger partial charge in [-0.25, -0.2) is 0 Å². The Morgan fingerprint density at radius 1 is 1.41 bits per heavy atom. The van der Waals surface area contributed by atoms with E-state index in [2.05, 4.69) is 49.6 Å². The maximum atomic E-state index is 5.68. The molecule has 1 aromatic rings. The van der Waals surface area contributed by atoms with Gasteiger partial charge < -0.3 is 0 Å². The van der Waals surface area contributed by atoms with Gasteiger partial charge in [-0.05, 0) is 23.9 Å². The zero-order valence-corrected chi connectivity index (χ0v) is 12.3. The van der Waals surface area contributed by atoms with Gasteiger partial charge in [-0.3, -0.25) is 11.3 Å². The molecular formula is C12H24N4S. The number of nitrogens with zero attached hydrogens (tertiary/aromatic N) is 2. The van der Waals surface area contributed by atoms with Gasteiger partial charge in [-0.2, -0.15) is 0 Å². The molecule has 0 amide bonds. The molecule has 98 valence electrons. The molecule has 0 aromatic carbocycles. The molecule has 0 bridgehead atoms. The second-order valence-electron chi connectivity index (χ2n) is 5.70. The quantitative estimate of drug-likeness (QED) is 0.628. The highest BCUT2D eigenvalue weighted by atomic mass is 32.1. The summed E-state index contributed by atoms with van der Waals surface area (Å²) in [5, 5.41) is 4.26. The standard InChI is InChI=1S/C12H24N4S/c1-6-8(2)7-9(14-13)10-11(12(3,4)5)15-16-17-10/h8-9,14H,6-7,13H2,1-5H3. The lowest BCUT2D eigenvalue weighted by Gasteiger charge is -2.23. The Labute approximate surface area is 108 Å². The molecule has 0 aliphatic rings. The third kappa shape index (κ3) is 3.72. The first-order valence-corrected chi connectivity index (χ1v) is 6.96. The second kappa shape index (κ2) is 5.89. The molecule has 0 saturated heterocycles. The third-order valence-corrected chi connectivity index (χ3v) is 3.91. The van der Waals surface area contributed by atoms with Crippen molar-refractivity contribution in [3.63, 3.8) is 0 Å². The Kier molecular flexibility index (Phi) is 5.04. The minimum absolute atomic E-state index is 0.0207. The van der Waals surface area contributed by atoms with Crippen LogP contribution in [-0.4, -0.2) is 9.59 Å². The van der Waals surface area contributed by atoms with E-state index in [0.29, 0.717) is 5.92 Å². The van der Waals surface area contributed by atoms with E-state index >= 15 is 0 Å². The molecule has 4 nitrogen and oxygen atoms in total. The van der Waals surface area contributed by atoms with Crippen LogP contribution < -0.4 is 11.3 Å². The molecule has 1 aromatic heterocycles. The topological polar surface area (TPSA) is 63.8 Å². The minimum Gasteiger partial charge on any atom is -0.271 e. The summed E-state index contributed by atoms with van der Waals surface area (Å²) >= 11 is 1.46. The predicted octanol–water partition coefficient (Wildman–Crippen LogP) is 2.78.